The molecule has 0 spiro atoms. The van der Waals surface area contributed by atoms with Gasteiger partial charge in [0, 0.05) is 53.2 Å². The van der Waals surface area contributed by atoms with E-state index in [1.165, 1.54) is 0 Å². The van der Waals surface area contributed by atoms with Crippen molar-refractivity contribution in [2.24, 2.45) is 12.0 Å². The molecule has 0 aliphatic carbocycles. The van der Waals surface area contributed by atoms with Gasteiger partial charge in [-0.15, -0.1) is 30.6 Å². The average molecular weight is 497 g/mol. The van der Waals surface area contributed by atoms with E-state index in [0.717, 1.165) is 38.2 Å². The standard InChI is InChI=1S/C17H31N5O2S.HI/c1-5-6-7-8-9-13-22(4)17(18-2)19-11-12-20-25(23,24)16-10-14-21(3)15-16;/h5,10,14-15,20H,1,6-9,11-13H2,2-4H3,(H,18,19);1H. The van der Waals surface area contributed by atoms with E-state index in [9.17, 15) is 8.42 Å². The molecule has 9 heteroatoms. The molecule has 1 aromatic rings. The summed E-state index contributed by atoms with van der Waals surface area (Å²) in [5.41, 5.74) is 0. The number of halogens is 1. The molecule has 0 atom stereocenters. The highest BCUT2D eigenvalue weighted by Gasteiger charge is 2.14. The molecule has 1 aromatic heterocycles. The van der Waals surface area contributed by atoms with Crippen molar-refractivity contribution in [1.29, 1.82) is 0 Å². The molecule has 2 N–H and O–H groups in total. The summed E-state index contributed by atoms with van der Waals surface area (Å²) in [6.45, 7) is 5.40. The molecule has 0 radical (unpaired) electrons. The van der Waals surface area contributed by atoms with E-state index in [4.69, 9.17) is 0 Å². The largest absolute Gasteiger partial charge is 0.356 e. The van der Waals surface area contributed by atoms with Gasteiger partial charge in [-0.25, -0.2) is 13.1 Å². The third kappa shape index (κ3) is 9.04. The second-order valence-corrected chi connectivity index (χ2v) is 7.71. The SMILES string of the molecule is C=CCCCCCN(C)C(=NC)NCCNS(=O)(=O)c1ccn(C)c1.I. The summed E-state index contributed by atoms with van der Waals surface area (Å²) in [5.74, 6) is 0.766. The van der Waals surface area contributed by atoms with Crippen LogP contribution in [0.5, 0.6) is 0 Å². The van der Waals surface area contributed by atoms with Gasteiger partial charge in [-0.05, 0) is 25.3 Å². The predicted molar refractivity (Wildman–Crippen MR) is 119 cm³/mol. The monoisotopic (exact) mass is 497 g/mol. The first-order valence-corrected chi connectivity index (χ1v) is 10.0. The normalized spacial score (nSPS) is 11.7. The van der Waals surface area contributed by atoms with Crippen LogP contribution in [0.3, 0.4) is 0 Å². The molecule has 0 aliphatic rings. The Labute approximate surface area is 175 Å². The van der Waals surface area contributed by atoms with Gasteiger partial charge in [0.25, 0.3) is 0 Å². The van der Waals surface area contributed by atoms with Crippen LogP contribution in [0.2, 0.25) is 0 Å². The number of nitrogens with one attached hydrogen (secondary N) is 2. The highest BCUT2D eigenvalue weighted by Crippen LogP contribution is 2.07. The number of aryl methyl sites for hydroxylation is 1. The van der Waals surface area contributed by atoms with Crippen molar-refractivity contribution in [2.45, 2.75) is 30.6 Å². The van der Waals surface area contributed by atoms with Crippen LogP contribution >= 0.6 is 24.0 Å². The lowest BCUT2D eigenvalue weighted by Gasteiger charge is -2.22. The first kappa shape index (κ1) is 24.9. The molecule has 0 unspecified atom stereocenters. The van der Waals surface area contributed by atoms with E-state index in [-0.39, 0.29) is 28.9 Å². The minimum Gasteiger partial charge on any atom is -0.356 e. The van der Waals surface area contributed by atoms with Gasteiger partial charge in [-0.1, -0.05) is 12.5 Å². The van der Waals surface area contributed by atoms with Gasteiger partial charge in [-0.3, -0.25) is 4.99 Å². The van der Waals surface area contributed by atoms with Gasteiger partial charge < -0.3 is 14.8 Å². The van der Waals surface area contributed by atoms with Crippen molar-refractivity contribution in [3.63, 3.8) is 0 Å². The number of hydrogen-bond donors (Lipinski definition) is 2. The van der Waals surface area contributed by atoms with Crippen LogP contribution < -0.4 is 10.0 Å². The molecule has 0 amide bonds. The fourth-order valence-corrected chi connectivity index (χ4v) is 3.47. The lowest BCUT2D eigenvalue weighted by atomic mass is 10.2. The van der Waals surface area contributed by atoms with Crippen LogP contribution in [0, 0.1) is 0 Å². The first-order valence-electron chi connectivity index (χ1n) is 8.55. The fraction of sp³-hybridized carbons (Fsp3) is 0.588. The molecule has 150 valence electrons. The van der Waals surface area contributed by atoms with Gasteiger partial charge in [0.05, 0.1) is 4.90 Å². The average Bonchev–Trinajstić information content (AvgIpc) is 3.02. The maximum Gasteiger partial charge on any atom is 0.242 e. The summed E-state index contributed by atoms with van der Waals surface area (Å²) in [6, 6.07) is 1.58. The Balaban J connectivity index is 0.00000625. The van der Waals surface area contributed by atoms with Crippen molar-refractivity contribution in [3.05, 3.63) is 31.1 Å². The van der Waals surface area contributed by atoms with Gasteiger partial charge >= 0.3 is 0 Å². The van der Waals surface area contributed by atoms with Crippen molar-refractivity contribution < 1.29 is 8.42 Å². The van der Waals surface area contributed by atoms with Gasteiger partial charge in [0.1, 0.15) is 0 Å². The van der Waals surface area contributed by atoms with Crippen LogP contribution in [0.4, 0.5) is 0 Å². The Hall–Kier alpha value is -1.07. The number of unbranched alkanes of at least 4 members (excludes halogenated alkanes) is 3. The van der Waals surface area contributed by atoms with Crippen molar-refractivity contribution in [1.82, 2.24) is 19.5 Å². The van der Waals surface area contributed by atoms with Crippen molar-refractivity contribution >= 4 is 40.0 Å². The number of aliphatic imine (C=N–C) groups is 1. The van der Waals surface area contributed by atoms with E-state index in [1.807, 2.05) is 13.1 Å². The molecule has 1 heterocycles. The predicted octanol–water partition coefficient (Wildman–Crippen LogP) is 2.18. The molecule has 1 rings (SSSR count). The quantitative estimate of drug-likeness (QED) is 0.162. The van der Waals surface area contributed by atoms with Crippen LogP contribution in [0.25, 0.3) is 0 Å². The molecule has 0 saturated heterocycles. The number of rotatable bonds is 11. The highest BCUT2D eigenvalue weighted by molar-refractivity contribution is 14.0. The fourth-order valence-electron chi connectivity index (χ4n) is 2.38. The number of aromatic nitrogens is 1. The summed E-state index contributed by atoms with van der Waals surface area (Å²) in [7, 11) is 2.04. The van der Waals surface area contributed by atoms with Crippen LogP contribution in [0.15, 0.2) is 41.0 Å². The molecule has 0 fully saturated rings. The maximum absolute atomic E-state index is 12.1. The lowest BCUT2D eigenvalue weighted by molar-refractivity contribution is 0.455. The summed E-state index contributed by atoms with van der Waals surface area (Å²) < 4.78 is 28.5. The van der Waals surface area contributed by atoms with Crippen LogP contribution in [-0.2, 0) is 17.1 Å². The Kier molecular flexibility index (Phi) is 12.6. The van der Waals surface area contributed by atoms with E-state index in [0.29, 0.717) is 13.1 Å². The van der Waals surface area contributed by atoms with Crippen LogP contribution in [-0.4, -0.2) is 57.6 Å². The Morgan fingerprint density at radius 3 is 2.65 bits per heavy atom. The smallest absolute Gasteiger partial charge is 0.242 e. The molecule has 7 nitrogen and oxygen atoms in total. The minimum absolute atomic E-state index is 0. The number of hydrogen-bond acceptors (Lipinski definition) is 3. The summed E-state index contributed by atoms with van der Waals surface area (Å²) in [4.78, 5) is 6.56. The summed E-state index contributed by atoms with van der Waals surface area (Å²) in [5, 5.41) is 3.18. The number of nitrogens with zero attached hydrogens (tertiary/aromatic N) is 3. The van der Waals surface area contributed by atoms with E-state index in [1.54, 1.807) is 37.1 Å². The Bertz CT molecular complexity index is 658. The summed E-state index contributed by atoms with van der Waals surface area (Å²) in [6.07, 6.45) is 9.69. The Morgan fingerprint density at radius 2 is 2.08 bits per heavy atom. The molecular weight excluding hydrogens is 465 g/mol. The number of sulfonamides is 1. The van der Waals surface area contributed by atoms with Crippen LogP contribution in [0.1, 0.15) is 25.7 Å². The molecule has 0 saturated carbocycles. The first-order chi connectivity index (χ1) is 11.9. The molecular formula is C17H32IN5O2S. The second-order valence-electron chi connectivity index (χ2n) is 5.94. The number of guanidine groups is 1. The van der Waals surface area contributed by atoms with Gasteiger partial charge in [0.15, 0.2) is 5.96 Å². The molecule has 0 aromatic carbocycles. The molecule has 26 heavy (non-hydrogen) atoms. The third-order valence-electron chi connectivity index (χ3n) is 3.79. The zero-order chi connectivity index (χ0) is 18.7. The van der Waals surface area contributed by atoms with Gasteiger partial charge in [0.2, 0.25) is 10.0 Å². The minimum atomic E-state index is -3.46. The molecule has 0 bridgehead atoms. The van der Waals surface area contributed by atoms with Gasteiger partial charge in [-0.2, -0.15) is 0 Å². The van der Waals surface area contributed by atoms with Crippen molar-refractivity contribution in [2.75, 3.05) is 33.7 Å². The van der Waals surface area contributed by atoms with E-state index < -0.39 is 10.0 Å². The number of allylic oxidation sites excluding steroid dienone is 1. The zero-order valence-corrected chi connectivity index (χ0v) is 19.1. The zero-order valence-electron chi connectivity index (χ0n) is 15.9. The second kappa shape index (κ2) is 13.2. The lowest BCUT2D eigenvalue weighted by Crippen LogP contribution is -2.42. The maximum atomic E-state index is 12.1. The summed E-state index contributed by atoms with van der Waals surface area (Å²) >= 11 is 0. The molecule has 0 aliphatic heterocycles. The topological polar surface area (TPSA) is 78.7 Å². The highest BCUT2D eigenvalue weighted by atomic mass is 127. The Morgan fingerprint density at radius 1 is 1.35 bits per heavy atom. The van der Waals surface area contributed by atoms with Crippen molar-refractivity contribution in [3.8, 4) is 0 Å². The van der Waals surface area contributed by atoms with E-state index in [2.05, 4.69) is 26.5 Å². The van der Waals surface area contributed by atoms with E-state index >= 15 is 0 Å². The third-order valence-corrected chi connectivity index (χ3v) is 5.24.